The number of aromatic nitrogens is 2. The molecule has 0 aliphatic carbocycles. The van der Waals surface area contributed by atoms with E-state index in [-0.39, 0.29) is 11.0 Å². The van der Waals surface area contributed by atoms with Crippen LogP contribution in [0.5, 0.6) is 5.75 Å². The van der Waals surface area contributed by atoms with Crippen LogP contribution in [-0.4, -0.2) is 10.2 Å². The minimum absolute atomic E-state index is 0.129. The molecule has 3 aromatic carbocycles. The Kier molecular flexibility index (Phi) is 6.15. The molecule has 0 amide bonds. The summed E-state index contributed by atoms with van der Waals surface area (Å²) in [6, 6.07) is 22.0. The predicted molar refractivity (Wildman–Crippen MR) is 142 cm³/mol. The second-order valence-corrected chi connectivity index (χ2v) is 10.8. The molecule has 35 heavy (non-hydrogen) atoms. The van der Waals surface area contributed by atoms with Crippen molar-refractivity contribution in [3.8, 4) is 5.75 Å². The van der Waals surface area contributed by atoms with E-state index in [9.17, 15) is 4.79 Å². The summed E-state index contributed by atoms with van der Waals surface area (Å²) in [5, 5.41) is 9.60. The molecule has 5 rings (SSSR count). The van der Waals surface area contributed by atoms with Crippen LogP contribution in [-0.2, 0) is 17.8 Å². The van der Waals surface area contributed by atoms with Gasteiger partial charge in [0.05, 0.1) is 16.6 Å². The molecule has 5 aromatic rings. The summed E-state index contributed by atoms with van der Waals surface area (Å²) in [5.74, 6) is 1.49. The SMILES string of the molecule is Cc1cc(=O)oc2cc(SCc3[nH]nc4cccc(OCc5ccc(C(C)(C)C)cc5)c34)ccc12. The third kappa shape index (κ3) is 4.98. The smallest absolute Gasteiger partial charge is 0.336 e. The molecule has 0 bridgehead atoms. The van der Waals surface area contributed by atoms with Gasteiger partial charge >= 0.3 is 5.63 Å². The fraction of sp³-hybridized carbons (Fsp3) is 0.241. The molecule has 0 saturated carbocycles. The maximum absolute atomic E-state index is 11.8. The first-order valence-corrected chi connectivity index (χ1v) is 12.6. The van der Waals surface area contributed by atoms with Crippen LogP contribution < -0.4 is 10.4 Å². The van der Waals surface area contributed by atoms with Crippen molar-refractivity contribution in [2.45, 2.75) is 50.4 Å². The minimum atomic E-state index is -0.327. The summed E-state index contributed by atoms with van der Waals surface area (Å²) < 4.78 is 11.6. The molecule has 0 fully saturated rings. The fourth-order valence-corrected chi connectivity index (χ4v) is 5.01. The van der Waals surface area contributed by atoms with E-state index in [0.29, 0.717) is 17.9 Å². The standard InChI is InChI=1S/C29H28N2O3S/c1-18-14-27(32)34-26-15-21(12-13-22(18)26)35-17-24-28-23(30-31-24)6-5-7-25(28)33-16-19-8-10-20(11-9-19)29(2,3)4/h5-15H,16-17H2,1-4H3,(H,30,31). The average molecular weight is 485 g/mol. The van der Waals surface area contributed by atoms with Crippen molar-refractivity contribution < 1.29 is 9.15 Å². The Bertz CT molecular complexity index is 1560. The molecule has 0 unspecified atom stereocenters. The third-order valence-electron chi connectivity index (χ3n) is 6.14. The molecule has 2 aromatic heterocycles. The Balaban J connectivity index is 1.35. The zero-order valence-corrected chi connectivity index (χ0v) is 21.2. The number of nitrogens with zero attached hydrogens (tertiary/aromatic N) is 1. The number of hydrogen-bond acceptors (Lipinski definition) is 5. The van der Waals surface area contributed by atoms with Gasteiger partial charge < -0.3 is 9.15 Å². The average Bonchev–Trinajstić information content (AvgIpc) is 3.24. The third-order valence-corrected chi connectivity index (χ3v) is 7.16. The molecule has 0 aliphatic heterocycles. The van der Waals surface area contributed by atoms with Gasteiger partial charge in [0.2, 0.25) is 0 Å². The Labute approximate surface area is 208 Å². The van der Waals surface area contributed by atoms with Gasteiger partial charge in [0, 0.05) is 22.1 Å². The van der Waals surface area contributed by atoms with Gasteiger partial charge in [-0.2, -0.15) is 5.10 Å². The van der Waals surface area contributed by atoms with Crippen molar-refractivity contribution in [2.24, 2.45) is 0 Å². The monoisotopic (exact) mass is 484 g/mol. The van der Waals surface area contributed by atoms with E-state index in [1.54, 1.807) is 11.8 Å². The van der Waals surface area contributed by atoms with Gasteiger partial charge in [0.25, 0.3) is 0 Å². The summed E-state index contributed by atoms with van der Waals surface area (Å²) in [6.07, 6.45) is 0. The van der Waals surface area contributed by atoms with Crippen LogP contribution in [0.3, 0.4) is 0 Å². The second-order valence-electron chi connectivity index (χ2n) is 9.78. The molecule has 0 radical (unpaired) electrons. The highest BCUT2D eigenvalue weighted by Gasteiger charge is 2.14. The molecule has 0 aliphatic rings. The van der Waals surface area contributed by atoms with E-state index < -0.39 is 0 Å². The number of nitrogens with one attached hydrogen (secondary N) is 1. The van der Waals surface area contributed by atoms with E-state index in [4.69, 9.17) is 9.15 Å². The highest BCUT2D eigenvalue weighted by atomic mass is 32.2. The van der Waals surface area contributed by atoms with Gasteiger partial charge in [0.1, 0.15) is 17.9 Å². The number of thioether (sulfide) groups is 1. The van der Waals surface area contributed by atoms with Crippen molar-refractivity contribution in [1.82, 2.24) is 10.2 Å². The molecule has 0 saturated heterocycles. The number of ether oxygens (including phenoxy) is 1. The predicted octanol–water partition coefficient (Wildman–Crippen LogP) is 7.15. The lowest BCUT2D eigenvalue weighted by Gasteiger charge is -2.19. The zero-order chi connectivity index (χ0) is 24.6. The summed E-state index contributed by atoms with van der Waals surface area (Å²) >= 11 is 1.66. The number of hydrogen-bond donors (Lipinski definition) is 1. The van der Waals surface area contributed by atoms with Gasteiger partial charge in [-0.3, -0.25) is 5.10 Å². The van der Waals surface area contributed by atoms with E-state index in [1.165, 1.54) is 11.6 Å². The van der Waals surface area contributed by atoms with Crippen molar-refractivity contribution >= 4 is 33.6 Å². The molecule has 2 heterocycles. The van der Waals surface area contributed by atoms with Crippen LogP contribution in [0.1, 0.15) is 43.2 Å². The second kappa shape index (κ2) is 9.27. The van der Waals surface area contributed by atoms with E-state index in [1.807, 2.05) is 37.3 Å². The number of benzene rings is 3. The van der Waals surface area contributed by atoms with E-state index >= 15 is 0 Å². The summed E-state index contributed by atoms with van der Waals surface area (Å²) in [6.45, 7) is 9.05. The van der Waals surface area contributed by atoms with Crippen LogP contribution in [0.25, 0.3) is 21.9 Å². The number of aromatic amines is 1. The minimum Gasteiger partial charge on any atom is -0.488 e. The Hall–Kier alpha value is -3.51. The number of H-pyrrole nitrogens is 1. The first kappa shape index (κ1) is 23.2. The van der Waals surface area contributed by atoms with Crippen molar-refractivity contribution in [3.05, 3.63) is 99.5 Å². The Morgan fingerprint density at radius 2 is 1.83 bits per heavy atom. The van der Waals surface area contributed by atoms with Crippen LogP contribution in [0.4, 0.5) is 0 Å². The maximum atomic E-state index is 11.8. The lowest BCUT2D eigenvalue weighted by atomic mass is 9.87. The number of rotatable bonds is 6. The summed E-state index contributed by atoms with van der Waals surface area (Å²) in [5.41, 5.74) is 5.63. The van der Waals surface area contributed by atoms with Crippen LogP contribution in [0.15, 0.2) is 80.8 Å². The van der Waals surface area contributed by atoms with Gasteiger partial charge in [-0.25, -0.2) is 4.79 Å². The fourth-order valence-electron chi connectivity index (χ4n) is 4.14. The van der Waals surface area contributed by atoms with Gasteiger partial charge in [-0.1, -0.05) is 51.1 Å². The molecule has 1 N–H and O–H groups in total. The molecule has 0 atom stereocenters. The number of fused-ring (bicyclic) bond motifs is 2. The molecule has 0 spiro atoms. The Morgan fingerprint density at radius 3 is 2.60 bits per heavy atom. The van der Waals surface area contributed by atoms with Gasteiger partial charge in [0.15, 0.2) is 0 Å². The maximum Gasteiger partial charge on any atom is 0.336 e. The van der Waals surface area contributed by atoms with Gasteiger partial charge in [-0.15, -0.1) is 11.8 Å². The van der Waals surface area contributed by atoms with Crippen molar-refractivity contribution in [3.63, 3.8) is 0 Å². The first-order chi connectivity index (χ1) is 16.8. The molecular formula is C29H28N2O3S. The number of aryl methyl sites for hydroxylation is 1. The van der Waals surface area contributed by atoms with Crippen molar-refractivity contribution in [2.75, 3.05) is 0 Å². The normalized spacial score (nSPS) is 11.9. The first-order valence-electron chi connectivity index (χ1n) is 11.6. The molecule has 178 valence electrons. The van der Waals surface area contributed by atoms with Gasteiger partial charge in [-0.05, 0) is 59.4 Å². The molecule has 6 heteroatoms. The lowest BCUT2D eigenvalue weighted by molar-refractivity contribution is 0.310. The summed E-state index contributed by atoms with van der Waals surface area (Å²) in [4.78, 5) is 12.8. The van der Waals surface area contributed by atoms with E-state index in [2.05, 4.69) is 61.3 Å². The van der Waals surface area contributed by atoms with Crippen LogP contribution in [0.2, 0.25) is 0 Å². The van der Waals surface area contributed by atoms with Crippen LogP contribution in [0, 0.1) is 6.92 Å². The Morgan fingerprint density at radius 1 is 1.03 bits per heavy atom. The van der Waals surface area contributed by atoms with Crippen LogP contribution >= 0.6 is 11.8 Å². The topological polar surface area (TPSA) is 68.1 Å². The quantitative estimate of drug-likeness (QED) is 0.205. The largest absolute Gasteiger partial charge is 0.488 e. The highest BCUT2D eigenvalue weighted by molar-refractivity contribution is 7.98. The molecular weight excluding hydrogens is 456 g/mol. The van der Waals surface area contributed by atoms with Crippen molar-refractivity contribution in [1.29, 1.82) is 0 Å². The summed E-state index contributed by atoms with van der Waals surface area (Å²) in [7, 11) is 0. The highest BCUT2D eigenvalue weighted by Crippen LogP contribution is 2.33. The molecule has 5 nitrogen and oxygen atoms in total. The zero-order valence-electron chi connectivity index (χ0n) is 20.3. The lowest BCUT2D eigenvalue weighted by Crippen LogP contribution is -2.10. The van der Waals surface area contributed by atoms with E-state index in [0.717, 1.165) is 43.8 Å².